The Hall–Kier alpha value is -2.08. The lowest BCUT2D eigenvalue weighted by Crippen LogP contribution is -2.32. The molecule has 2 heterocycles. The van der Waals surface area contributed by atoms with E-state index in [1.807, 2.05) is 11.4 Å². The van der Waals surface area contributed by atoms with E-state index in [0.29, 0.717) is 30.3 Å². The highest BCUT2D eigenvalue weighted by molar-refractivity contribution is 7.12. The molecule has 0 saturated carbocycles. The van der Waals surface area contributed by atoms with Crippen LogP contribution in [0.2, 0.25) is 0 Å². The number of carbonyl (C=O) groups is 2. The maximum absolute atomic E-state index is 12.4. The van der Waals surface area contributed by atoms with Gasteiger partial charge in [-0.3, -0.25) is 9.59 Å². The van der Waals surface area contributed by atoms with Crippen molar-refractivity contribution in [2.45, 2.75) is 19.9 Å². The Morgan fingerprint density at radius 3 is 2.81 bits per heavy atom. The van der Waals surface area contributed by atoms with Crippen LogP contribution >= 0.6 is 11.3 Å². The van der Waals surface area contributed by atoms with E-state index in [4.69, 9.17) is 9.15 Å². The summed E-state index contributed by atoms with van der Waals surface area (Å²) in [4.78, 5) is 26.2. The zero-order chi connectivity index (χ0) is 15.1. The van der Waals surface area contributed by atoms with E-state index in [-0.39, 0.29) is 18.3 Å². The SMILES string of the molecule is CCOC(=O)CCN(Cc1ccco1)C(=O)c1cccs1. The van der Waals surface area contributed by atoms with E-state index in [0.717, 1.165) is 0 Å². The van der Waals surface area contributed by atoms with Crippen LogP contribution in [0.4, 0.5) is 0 Å². The topological polar surface area (TPSA) is 59.8 Å². The Morgan fingerprint density at radius 2 is 2.19 bits per heavy atom. The fourth-order valence-corrected chi connectivity index (χ4v) is 2.55. The summed E-state index contributed by atoms with van der Waals surface area (Å²) in [5, 5.41) is 1.85. The van der Waals surface area contributed by atoms with Crippen molar-refractivity contribution < 1.29 is 18.7 Å². The van der Waals surface area contributed by atoms with Crippen molar-refractivity contribution in [3.05, 3.63) is 46.5 Å². The number of carbonyl (C=O) groups excluding carboxylic acids is 2. The lowest BCUT2D eigenvalue weighted by atomic mass is 10.3. The Morgan fingerprint density at radius 1 is 1.33 bits per heavy atom. The third-order valence-electron chi connectivity index (χ3n) is 2.84. The minimum absolute atomic E-state index is 0.106. The normalized spacial score (nSPS) is 10.3. The minimum atomic E-state index is -0.305. The van der Waals surface area contributed by atoms with Crippen LogP contribution < -0.4 is 0 Å². The van der Waals surface area contributed by atoms with Gasteiger partial charge >= 0.3 is 5.97 Å². The van der Waals surface area contributed by atoms with E-state index in [9.17, 15) is 9.59 Å². The third kappa shape index (κ3) is 4.46. The summed E-state index contributed by atoms with van der Waals surface area (Å²) in [5.74, 6) is 0.274. The number of nitrogens with zero attached hydrogens (tertiary/aromatic N) is 1. The number of amides is 1. The number of hydrogen-bond acceptors (Lipinski definition) is 5. The zero-order valence-corrected chi connectivity index (χ0v) is 12.6. The van der Waals surface area contributed by atoms with Crippen molar-refractivity contribution in [1.29, 1.82) is 0 Å². The lowest BCUT2D eigenvalue weighted by molar-refractivity contribution is -0.143. The first-order chi connectivity index (χ1) is 10.2. The second-order valence-corrected chi connectivity index (χ2v) is 5.29. The number of hydrogen-bond donors (Lipinski definition) is 0. The molecule has 0 saturated heterocycles. The minimum Gasteiger partial charge on any atom is -0.467 e. The molecule has 112 valence electrons. The van der Waals surface area contributed by atoms with E-state index in [2.05, 4.69) is 0 Å². The molecule has 0 unspecified atom stereocenters. The molecule has 1 amide bonds. The van der Waals surface area contributed by atoms with Gasteiger partial charge in [-0.05, 0) is 30.5 Å². The van der Waals surface area contributed by atoms with Crippen LogP contribution in [0.5, 0.6) is 0 Å². The van der Waals surface area contributed by atoms with Gasteiger partial charge in [-0.25, -0.2) is 0 Å². The van der Waals surface area contributed by atoms with Gasteiger partial charge in [0.15, 0.2) is 0 Å². The van der Waals surface area contributed by atoms with Gasteiger partial charge in [-0.15, -0.1) is 11.3 Å². The Labute approximate surface area is 127 Å². The van der Waals surface area contributed by atoms with Crippen LogP contribution in [0.3, 0.4) is 0 Å². The van der Waals surface area contributed by atoms with Crippen molar-refractivity contribution in [2.75, 3.05) is 13.2 Å². The molecule has 0 spiro atoms. The van der Waals surface area contributed by atoms with Crippen LogP contribution in [-0.2, 0) is 16.1 Å². The van der Waals surface area contributed by atoms with E-state index in [1.54, 1.807) is 36.3 Å². The van der Waals surface area contributed by atoms with E-state index >= 15 is 0 Å². The second-order valence-electron chi connectivity index (χ2n) is 4.34. The van der Waals surface area contributed by atoms with Crippen molar-refractivity contribution >= 4 is 23.2 Å². The fourth-order valence-electron chi connectivity index (χ4n) is 1.86. The summed E-state index contributed by atoms with van der Waals surface area (Å²) < 4.78 is 10.2. The summed E-state index contributed by atoms with van der Waals surface area (Å²) in [6.45, 7) is 2.74. The molecule has 0 bridgehead atoms. The Bertz CT molecular complexity index is 563. The molecular formula is C15H17NO4S. The molecule has 2 aromatic heterocycles. The van der Waals surface area contributed by atoms with Crippen molar-refractivity contribution in [1.82, 2.24) is 4.90 Å². The fraction of sp³-hybridized carbons (Fsp3) is 0.333. The predicted octanol–water partition coefficient (Wildman–Crippen LogP) is 2.94. The number of thiophene rings is 1. The van der Waals surface area contributed by atoms with Crippen LogP contribution in [0.1, 0.15) is 28.8 Å². The lowest BCUT2D eigenvalue weighted by Gasteiger charge is -2.20. The largest absolute Gasteiger partial charge is 0.467 e. The van der Waals surface area contributed by atoms with Crippen molar-refractivity contribution in [3.8, 4) is 0 Å². The summed E-state index contributed by atoms with van der Waals surface area (Å²) in [6.07, 6.45) is 1.74. The average molecular weight is 307 g/mol. The molecule has 2 aromatic rings. The summed E-state index contributed by atoms with van der Waals surface area (Å²) in [5.41, 5.74) is 0. The molecular weight excluding hydrogens is 290 g/mol. The molecule has 2 rings (SSSR count). The Kier molecular flexibility index (Phi) is 5.57. The molecule has 0 aromatic carbocycles. The molecule has 0 aliphatic carbocycles. The van der Waals surface area contributed by atoms with Crippen molar-refractivity contribution in [3.63, 3.8) is 0 Å². The van der Waals surface area contributed by atoms with E-state index in [1.165, 1.54) is 11.3 Å². The number of furan rings is 1. The molecule has 5 nitrogen and oxygen atoms in total. The summed E-state index contributed by atoms with van der Waals surface area (Å²) in [7, 11) is 0. The maximum Gasteiger partial charge on any atom is 0.307 e. The molecule has 0 aliphatic rings. The first kappa shape index (κ1) is 15.3. The van der Waals surface area contributed by atoms with Crippen LogP contribution in [0.25, 0.3) is 0 Å². The molecule has 0 N–H and O–H groups in total. The van der Waals surface area contributed by atoms with Gasteiger partial charge in [-0.1, -0.05) is 6.07 Å². The molecule has 0 atom stereocenters. The third-order valence-corrected chi connectivity index (χ3v) is 3.69. The van der Waals surface area contributed by atoms with Gasteiger partial charge in [0.1, 0.15) is 5.76 Å². The van der Waals surface area contributed by atoms with Gasteiger partial charge in [0.25, 0.3) is 5.91 Å². The molecule has 0 fully saturated rings. The summed E-state index contributed by atoms with van der Waals surface area (Å²) in [6, 6.07) is 7.17. The highest BCUT2D eigenvalue weighted by atomic mass is 32.1. The quantitative estimate of drug-likeness (QED) is 0.738. The van der Waals surface area contributed by atoms with Crippen LogP contribution in [0, 0.1) is 0 Å². The van der Waals surface area contributed by atoms with Crippen LogP contribution in [0.15, 0.2) is 40.3 Å². The average Bonchev–Trinajstić information content (AvgIpc) is 3.16. The zero-order valence-electron chi connectivity index (χ0n) is 11.8. The second kappa shape index (κ2) is 7.64. The van der Waals surface area contributed by atoms with E-state index < -0.39 is 0 Å². The van der Waals surface area contributed by atoms with Crippen molar-refractivity contribution in [2.24, 2.45) is 0 Å². The molecule has 0 radical (unpaired) electrons. The monoisotopic (exact) mass is 307 g/mol. The standard InChI is InChI=1S/C15H17NO4S/c1-2-19-14(17)7-8-16(11-12-5-3-9-20-12)15(18)13-6-4-10-21-13/h3-6,9-10H,2,7-8,11H2,1H3. The Balaban J connectivity index is 2.03. The van der Waals surface area contributed by atoms with Gasteiger partial charge in [0, 0.05) is 6.54 Å². The smallest absolute Gasteiger partial charge is 0.307 e. The van der Waals surface area contributed by atoms with Gasteiger partial charge < -0.3 is 14.1 Å². The number of esters is 1. The molecule has 21 heavy (non-hydrogen) atoms. The highest BCUT2D eigenvalue weighted by Gasteiger charge is 2.19. The maximum atomic E-state index is 12.4. The summed E-state index contributed by atoms with van der Waals surface area (Å²) >= 11 is 1.38. The molecule has 6 heteroatoms. The number of rotatable bonds is 7. The van der Waals surface area contributed by atoms with Gasteiger partial charge in [-0.2, -0.15) is 0 Å². The van der Waals surface area contributed by atoms with Gasteiger partial charge in [0.2, 0.25) is 0 Å². The predicted molar refractivity (Wildman–Crippen MR) is 79.0 cm³/mol. The molecule has 0 aliphatic heterocycles. The van der Waals surface area contributed by atoms with Crippen LogP contribution in [-0.4, -0.2) is 29.9 Å². The first-order valence-electron chi connectivity index (χ1n) is 6.71. The van der Waals surface area contributed by atoms with Gasteiger partial charge in [0.05, 0.1) is 30.7 Å². The first-order valence-corrected chi connectivity index (χ1v) is 7.59. The number of ether oxygens (including phenoxy) is 1. The highest BCUT2D eigenvalue weighted by Crippen LogP contribution is 2.15.